The van der Waals surface area contributed by atoms with E-state index in [1.807, 2.05) is 54.4 Å². The predicted molar refractivity (Wildman–Crippen MR) is 126 cm³/mol. The van der Waals surface area contributed by atoms with Gasteiger partial charge in [-0.15, -0.1) is 11.3 Å². The molecule has 0 fully saturated rings. The molecule has 0 aliphatic heterocycles. The number of benzene rings is 1. The number of hydrogen-bond donors (Lipinski definition) is 0. The van der Waals surface area contributed by atoms with Gasteiger partial charge in [0.05, 0.1) is 12.1 Å². The summed E-state index contributed by atoms with van der Waals surface area (Å²) in [5, 5.41) is 2.09. The smallest absolute Gasteiger partial charge is 0.255 e. The Kier molecular flexibility index (Phi) is 6.63. The molecule has 1 amide bonds. The number of carbonyl (C=O) groups excluding carboxylic acids is 1. The van der Waals surface area contributed by atoms with Crippen molar-refractivity contribution in [2.75, 3.05) is 6.54 Å². The van der Waals surface area contributed by atoms with Gasteiger partial charge in [-0.05, 0) is 55.0 Å². The zero-order valence-electron chi connectivity index (χ0n) is 18.0. The molecule has 0 saturated carbocycles. The Bertz CT molecular complexity index is 1120. The van der Waals surface area contributed by atoms with Crippen molar-refractivity contribution < 1.29 is 4.79 Å². The maximum absolute atomic E-state index is 13.7. The molecule has 0 saturated heterocycles. The molecule has 0 aliphatic rings. The van der Waals surface area contributed by atoms with Gasteiger partial charge in [0.25, 0.3) is 5.91 Å². The van der Waals surface area contributed by atoms with Crippen molar-refractivity contribution in [2.45, 2.75) is 33.4 Å². The van der Waals surface area contributed by atoms with E-state index in [1.165, 1.54) is 10.4 Å². The largest absolute Gasteiger partial charge is 0.343 e. The molecule has 3 heterocycles. The molecule has 0 spiro atoms. The molecular formula is C26H27N3OS. The third-order valence-corrected chi connectivity index (χ3v) is 6.46. The fourth-order valence-corrected chi connectivity index (χ4v) is 4.56. The summed E-state index contributed by atoms with van der Waals surface area (Å²) in [6.45, 7) is 6.13. The van der Waals surface area contributed by atoms with E-state index in [4.69, 9.17) is 0 Å². The highest BCUT2D eigenvalue weighted by molar-refractivity contribution is 7.09. The van der Waals surface area contributed by atoms with Gasteiger partial charge < -0.3 is 9.47 Å². The fraction of sp³-hybridized carbons (Fsp3) is 0.231. The molecule has 4 nitrogen and oxygen atoms in total. The minimum atomic E-state index is 0.0744. The van der Waals surface area contributed by atoms with Crippen LogP contribution in [0, 0.1) is 13.8 Å². The number of amides is 1. The summed E-state index contributed by atoms with van der Waals surface area (Å²) in [4.78, 5) is 21.1. The lowest BCUT2D eigenvalue weighted by Gasteiger charge is -2.23. The van der Waals surface area contributed by atoms with Gasteiger partial charge in [0.2, 0.25) is 0 Å². The summed E-state index contributed by atoms with van der Waals surface area (Å²) in [6, 6.07) is 20.5. The molecule has 0 atom stereocenters. The molecule has 158 valence electrons. The highest BCUT2D eigenvalue weighted by Gasteiger charge is 2.22. The topological polar surface area (TPSA) is 38.1 Å². The third-order valence-electron chi connectivity index (χ3n) is 5.59. The first-order valence-electron chi connectivity index (χ1n) is 10.5. The summed E-state index contributed by atoms with van der Waals surface area (Å²) in [5.41, 5.74) is 5.18. The number of carbonyl (C=O) groups is 1. The van der Waals surface area contributed by atoms with Crippen molar-refractivity contribution in [3.63, 3.8) is 0 Å². The summed E-state index contributed by atoms with van der Waals surface area (Å²) in [6.07, 6.45) is 4.42. The number of rotatable bonds is 8. The Morgan fingerprint density at radius 3 is 2.55 bits per heavy atom. The van der Waals surface area contributed by atoms with E-state index in [9.17, 15) is 4.79 Å². The molecule has 31 heavy (non-hydrogen) atoms. The van der Waals surface area contributed by atoms with Crippen LogP contribution in [-0.4, -0.2) is 26.9 Å². The van der Waals surface area contributed by atoms with E-state index < -0.39 is 0 Å². The first-order chi connectivity index (χ1) is 15.1. The molecular weight excluding hydrogens is 402 g/mol. The molecule has 5 heteroatoms. The molecule has 0 bridgehead atoms. The van der Waals surface area contributed by atoms with Crippen molar-refractivity contribution in [3.05, 3.63) is 111 Å². The van der Waals surface area contributed by atoms with Gasteiger partial charge in [0.1, 0.15) is 0 Å². The Morgan fingerprint density at radius 2 is 1.84 bits per heavy atom. The van der Waals surface area contributed by atoms with E-state index in [0.29, 0.717) is 13.1 Å². The van der Waals surface area contributed by atoms with Crippen molar-refractivity contribution in [1.82, 2.24) is 14.5 Å². The van der Waals surface area contributed by atoms with E-state index in [-0.39, 0.29) is 5.91 Å². The van der Waals surface area contributed by atoms with Crippen LogP contribution in [0.3, 0.4) is 0 Å². The average molecular weight is 430 g/mol. The van der Waals surface area contributed by atoms with Crippen LogP contribution in [0.2, 0.25) is 0 Å². The second-order valence-electron chi connectivity index (χ2n) is 7.77. The van der Waals surface area contributed by atoms with Gasteiger partial charge in [-0.2, -0.15) is 0 Å². The summed E-state index contributed by atoms with van der Waals surface area (Å²) < 4.78 is 2.23. The summed E-state index contributed by atoms with van der Waals surface area (Å²) in [7, 11) is 0. The van der Waals surface area contributed by atoms with Crippen LogP contribution in [0.15, 0.2) is 78.4 Å². The van der Waals surface area contributed by atoms with Crippen LogP contribution in [0.4, 0.5) is 0 Å². The maximum atomic E-state index is 13.7. The van der Waals surface area contributed by atoms with Crippen LogP contribution >= 0.6 is 11.3 Å². The lowest BCUT2D eigenvalue weighted by atomic mass is 10.1. The monoisotopic (exact) mass is 429 g/mol. The number of aryl methyl sites for hydroxylation is 1. The zero-order valence-corrected chi connectivity index (χ0v) is 18.8. The predicted octanol–water partition coefficient (Wildman–Crippen LogP) is 5.49. The molecule has 3 aromatic heterocycles. The molecule has 4 aromatic rings. The van der Waals surface area contributed by atoms with Gasteiger partial charge in [0, 0.05) is 41.7 Å². The summed E-state index contributed by atoms with van der Waals surface area (Å²) >= 11 is 1.74. The van der Waals surface area contributed by atoms with E-state index >= 15 is 0 Å². The summed E-state index contributed by atoms with van der Waals surface area (Å²) in [5.74, 6) is 0.0744. The van der Waals surface area contributed by atoms with Crippen LogP contribution in [0.5, 0.6) is 0 Å². The van der Waals surface area contributed by atoms with E-state index in [2.05, 4.69) is 46.1 Å². The van der Waals surface area contributed by atoms with Gasteiger partial charge >= 0.3 is 0 Å². The molecule has 0 radical (unpaired) electrons. The number of nitrogens with zero attached hydrogens (tertiary/aromatic N) is 3. The van der Waals surface area contributed by atoms with E-state index in [1.54, 1.807) is 17.5 Å². The van der Waals surface area contributed by atoms with Crippen molar-refractivity contribution in [1.29, 1.82) is 0 Å². The lowest BCUT2D eigenvalue weighted by molar-refractivity contribution is 0.0744. The normalized spacial score (nSPS) is 10.9. The first-order valence-corrected chi connectivity index (χ1v) is 11.4. The van der Waals surface area contributed by atoms with Crippen LogP contribution < -0.4 is 0 Å². The van der Waals surface area contributed by atoms with Gasteiger partial charge in [-0.25, -0.2) is 0 Å². The number of pyridine rings is 1. The minimum Gasteiger partial charge on any atom is -0.343 e. The number of aromatic nitrogens is 2. The van der Waals surface area contributed by atoms with Crippen molar-refractivity contribution in [2.24, 2.45) is 0 Å². The Balaban J connectivity index is 1.58. The third kappa shape index (κ3) is 5.12. The minimum absolute atomic E-state index is 0.0744. The standard InChI is InChI=1S/C26H27N3OS/c1-20-16-25(21(2)29(20)19-24-11-7-15-31-24)26(30)28(18-23-10-6-13-27-17-23)14-12-22-8-4-3-5-9-22/h3-11,13,15-17H,12,14,18-19H2,1-2H3. The van der Waals surface area contributed by atoms with E-state index in [0.717, 1.165) is 35.5 Å². The molecule has 0 aliphatic carbocycles. The SMILES string of the molecule is Cc1cc(C(=O)N(CCc2ccccc2)Cc2cccnc2)c(C)n1Cc1cccs1. The van der Waals surface area contributed by atoms with Crippen molar-refractivity contribution >= 4 is 17.2 Å². The van der Waals surface area contributed by atoms with Gasteiger partial charge in [0.15, 0.2) is 0 Å². The van der Waals surface area contributed by atoms with Crippen LogP contribution in [0.25, 0.3) is 0 Å². The van der Waals surface area contributed by atoms with Crippen LogP contribution in [-0.2, 0) is 19.5 Å². The van der Waals surface area contributed by atoms with Gasteiger partial charge in [-0.3, -0.25) is 9.78 Å². The lowest BCUT2D eigenvalue weighted by Crippen LogP contribution is -2.33. The van der Waals surface area contributed by atoms with Gasteiger partial charge in [-0.1, -0.05) is 42.5 Å². The zero-order chi connectivity index (χ0) is 21.6. The molecule has 4 rings (SSSR count). The molecule has 0 unspecified atom stereocenters. The quantitative estimate of drug-likeness (QED) is 0.371. The number of hydrogen-bond acceptors (Lipinski definition) is 3. The molecule has 0 N–H and O–H groups in total. The Morgan fingerprint density at radius 1 is 1.03 bits per heavy atom. The second-order valence-corrected chi connectivity index (χ2v) is 8.81. The molecule has 1 aromatic carbocycles. The number of thiophene rings is 1. The van der Waals surface area contributed by atoms with Crippen molar-refractivity contribution in [3.8, 4) is 0 Å². The Labute approximate surface area is 187 Å². The highest BCUT2D eigenvalue weighted by Crippen LogP contribution is 2.21. The second kappa shape index (κ2) is 9.75. The highest BCUT2D eigenvalue weighted by atomic mass is 32.1. The average Bonchev–Trinajstić information content (AvgIpc) is 3.41. The van der Waals surface area contributed by atoms with Crippen LogP contribution in [0.1, 0.15) is 37.7 Å². The Hall–Kier alpha value is -3.18. The maximum Gasteiger partial charge on any atom is 0.255 e. The first kappa shape index (κ1) is 21.1. The fourth-order valence-electron chi connectivity index (χ4n) is 3.86.